The molecule has 2 N–H and O–H groups in total. The Morgan fingerprint density at radius 3 is 2.86 bits per heavy atom. The van der Waals surface area contributed by atoms with Crippen LogP contribution in [0.4, 0.5) is 23.8 Å². The second-order valence-corrected chi connectivity index (χ2v) is 5.22. The molecule has 0 radical (unpaired) electrons. The highest BCUT2D eigenvalue weighted by Gasteiger charge is 2.30. The van der Waals surface area contributed by atoms with Gasteiger partial charge in [-0.25, -0.2) is 9.78 Å². The number of urea groups is 1. The first-order valence-corrected chi connectivity index (χ1v) is 7.35. The lowest BCUT2D eigenvalue weighted by Gasteiger charge is -2.09. The molecule has 0 aliphatic heterocycles. The number of pyridine rings is 1. The van der Waals surface area contributed by atoms with E-state index in [0.29, 0.717) is 6.54 Å². The average Bonchev–Trinajstić information content (AvgIpc) is 2.42. The number of allylic oxidation sites excluding steroid dienone is 1. The molecule has 2 amide bonds. The third-order valence-corrected chi connectivity index (χ3v) is 3.34. The van der Waals surface area contributed by atoms with Gasteiger partial charge >= 0.3 is 12.2 Å². The van der Waals surface area contributed by atoms with Crippen LogP contribution in [-0.2, 0) is 6.18 Å². The number of nitrogens with one attached hydrogen (secondary N) is 2. The molecular weight excluding hydrogens is 303 g/mol. The molecule has 4 nitrogen and oxygen atoms in total. The first kappa shape index (κ1) is 17.4. The minimum Gasteiger partial charge on any atom is -0.337 e. The Morgan fingerprint density at radius 1 is 1.43 bits per heavy atom. The molecular formula is C13H16F3N3OS. The predicted molar refractivity (Wildman–Crippen MR) is 78.4 cm³/mol. The molecule has 21 heavy (non-hydrogen) atoms. The Labute approximate surface area is 125 Å². The van der Waals surface area contributed by atoms with Crippen LogP contribution in [-0.4, -0.2) is 29.1 Å². The largest absolute Gasteiger partial charge is 0.416 e. The summed E-state index contributed by atoms with van der Waals surface area (Å²) >= 11 is 1.65. The molecule has 0 saturated heterocycles. The Bertz CT molecular complexity index is 480. The molecule has 0 spiro atoms. The number of nitrogens with zero attached hydrogens (tertiary/aromatic N) is 1. The Kier molecular flexibility index (Phi) is 7.07. The quantitative estimate of drug-likeness (QED) is 0.597. The van der Waals surface area contributed by atoms with E-state index in [1.54, 1.807) is 11.8 Å². The minimum absolute atomic E-state index is 0.137. The molecule has 0 fully saturated rings. The minimum atomic E-state index is -4.46. The van der Waals surface area contributed by atoms with E-state index < -0.39 is 17.8 Å². The van der Waals surface area contributed by atoms with Gasteiger partial charge in [0.15, 0.2) is 0 Å². The summed E-state index contributed by atoms with van der Waals surface area (Å²) in [5.74, 6) is 1.50. The van der Waals surface area contributed by atoms with Crippen LogP contribution in [0, 0.1) is 0 Å². The summed E-state index contributed by atoms with van der Waals surface area (Å²) in [5, 5.41) is 4.82. The monoisotopic (exact) mass is 319 g/mol. The molecule has 0 atom stereocenters. The lowest BCUT2D eigenvalue weighted by molar-refractivity contribution is -0.137. The fourth-order valence-electron chi connectivity index (χ4n) is 1.34. The standard InChI is InChI=1S/C13H16F3N3OS/c1-2-3-7-21-8-6-18-12(20)19-11-9-10(4-5-17-11)13(14,15)16/h2,4-5,9H,1,3,6-8H2,(H2,17,18,19,20). The van der Waals surface area contributed by atoms with Crippen molar-refractivity contribution >= 4 is 23.6 Å². The second-order valence-electron chi connectivity index (χ2n) is 4.00. The summed E-state index contributed by atoms with van der Waals surface area (Å²) in [6.45, 7) is 4.02. The van der Waals surface area contributed by atoms with Gasteiger partial charge in [0.2, 0.25) is 0 Å². The van der Waals surface area contributed by atoms with Crippen molar-refractivity contribution in [3.05, 3.63) is 36.5 Å². The molecule has 0 unspecified atom stereocenters. The lowest BCUT2D eigenvalue weighted by atomic mass is 10.2. The number of carbonyl (C=O) groups is 1. The van der Waals surface area contributed by atoms with E-state index in [1.165, 1.54) is 0 Å². The molecule has 0 saturated carbocycles. The Hall–Kier alpha value is -1.70. The van der Waals surface area contributed by atoms with Gasteiger partial charge in [-0.2, -0.15) is 24.9 Å². The first-order chi connectivity index (χ1) is 9.93. The van der Waals surface area contributed by atoms with Crippen molar-refractivity contribution < 1.29 is 18.0 Å². The van der Waals surface area contributed by atoms with E-state index in [2.05, 4.69) is 22.2 Å². The lowest BCUT2D eigenvalue weighted by Crippen LogP contribution is -2.31. The highest BCUT2D eigenvalue weighted by molar-refractivity contribution is 7.99. The van der Waals surface area contributed by atoms with Gasteiger partial charge in [-0.15, -0.1) is 6.58 Å². The molecule has 1 rings (SSSR count). The number of hydrogen-bond donors (Lipinski definition) is 2. The topological polar surface area (TPSA) is 54.0 Å². The van der Waals surface area contributed by atoms with Gasteiger partial charge in [-0.05, 0) is 24.3 Å². The van der Waals surface area contributed by atoms with Gasteiger partial charge in [0.25, 0.3) is 0 Å². The molecule has 116 valence electrons. The molecule has 0 bridgehead atoms. The third kappa shape index (κ3) is 7.03. The molecule has 0 aromatic carbocycles. The second kappa shape index (κ2) is 8.56. The van der Waals surface area contributed by atoms with E-state index in [-0.39, 0.29) is 5.82 Å². The maximum Gasteiger partial charge on any atom is 0.416 e. The molecule has 1 aromatic rings. The van der Waals surface area contributed by atoms with Crippen molar-refractivity contribution in [2.75, 3.05) is 23.4 Å². The van der Waals surface area contributed by atoms with Gasteiger partial charge in [-0.1, -0.05) is 6.08 Å². The van der Waals surface area contributed by atoms with E-state index >= 15 is 0 Å². The van der Waals surface area contributed by atoms with Crippen LogP contribution in [0.3, 0.4) is 0 Å². The maximum atomic E-state index is 12.5. The van der Waals surface area contributed by atoms with Crippen LogP contribution in [0.15, 0.2) is 31.0 Å². The van der Waals surface area contributed by atoms with Crippen molar-refractivity contribution in [1.82, 2.24) is 10.3 Å². The van der Waals surface area contributed by atoms with Crippen LogP contribution in [0.1, 0.15) is 12.0 Å². The van der Waals surface area contributed by atoms with Gasteiger partial charge in [0.05, 0.1) is 5.56 Å². The van der Waals surface area contributed by atoms with Crippen molar-refractivity contribution in [1.29, 1.82) is 0 Å². The van der Waals surface area contributed by atoms with Gasteiger partial charge in [0.1, 0.15) is 5.82 Å². The number of amides is 2. The van der Waals surface area contributed by atoms with E-state index in [0.717, 1.165) is 36.3 Å². The van der Waals surface area contributed by atoms with Crippen molar-refractivity contribution in [3.8, 4) is 0 Å². The highest BCUT2D eigenvalue weighted by atomic mass is 32.2. The summed E-state index contributed by atoms with van der Waals surface area (Å²) in [7, 11) is 0. The summed E-state index contributed by atoms with van der Waals surface area (Å²) in [6, 6.07) is 1.06. The number of anilines is 1. The number of hydrogen-bond acceptors (Lipinski definition) is 3. The van der Waals surface area contributed by atoms with Crippen LogP contribution >= 0.6 is 11.8 Å². The summed E-state index contributed by atoms with van der Waals surface area (Å²) in [4.78, 5) is 15.2. The molecule has 1 aromatic heterocycles. The number of thioether (sulfide) groups is 1. The van der Waals surface area contributed by atoms with Crippen molar-refractivity contribution in [3.63, 3.8) is 0 Å². The Morgan fingerprint density at radius 2 is 2.19 bits per heavy atom. The summed E-state index contributed by atoms with van der Waals surface area (Å²) < 4.78 is 37.5. The van der Waals surface area contributed by atoms with E-state index in [4.69, 9.17) is 0 Å². The summed E-state index contributed by atoms with van der Waals surface area (Å²) in [6.07, 6.45) is -0.751. The molecule has 0 aliphatic carbocycles. The molecule has 8 heteroatoms. The van der Waals surface area contributed by atoms with Crippen LogP contribution in [0.2, 0.25) is 0 Å². The predicted octanol–water partition coefficient (Wildman–Crippen LogP) is 3.53. The fourth-order valence-corrected chi connectivity index (χ4v) is 2.13. The molecule has 0 aliphatic rings. The van der Waals surface area contributed by atoms with Gasteiger partial charge in [0, 0.05) is 18.5 Å². The van der Waals surface area contributed by atoms with Crippen molar-refractivity contribution in [2.45, 2.75) is 12.6 Å². The van der Waals surface area contributed by atoms with Crippen molar-refractivity contribution in [2.24, 2.45) is 0 Å². The smallest absolute Gasteiger partial charge is 0.337 e. The van der Waals surface area contributed by atoms with Gasteiger partial charge in [-0.3, -0.25) is 5.32 Å². The Balaban J connectivity index is 2.36. The van der Waals surface area contributed by atoms with E-state index in [1.807, 2.05) is 6.08 Å². The number of rotatable bonds is 7. The number of carbonyl (C=O) groups excluding carboxylic acids is 1. The number of alkyl halides is 3. The number of halogens is 3. The normalized spacial score (nSPS) is 11.0. The third-order valence-electron chi connectivity index (χ3n) is 2.33. The van der Waals surface area contributed by atoms with E-state index in [9.17, 15) is 18.0 Å². The zero-order valence-corrected chi connectivity index (χ0v) is 12.1. The highest BCUT2D eigenvalue weighted by Crippen LogP contribution is 2.29. The SMILES string of the molecule is C=CCCSCCNC(=O)Nc1cc(C(F)(F)F)ccn1. The maximum absolute atomic E-state index is 12.5. The molecule has 1 heterocycles. The summed E-state index contributed by atoms with van der Waals surface area (Å²) in [5.41, 5.74) is -0.854. The first-order valence-electron chi connectivity index (χ1n) is 6.20. The zero-order chi connectivity index (χ0) is 15.7. The van der Waals surface area contributed by atoms with Crippen LogP contribution in [0.25, 0.3) is 0 Å². The van der Waals surface area contributed by atoms with Gasteiger partial charge < -0.3 is 5.32 Å². The number of aromatic nitrogens is 1. The average molecular weight is 319 g/mol. The van der Waals surface area contributed by atoms with Crippen LogP contribution in [0.5, 0.6) is 0 Å². The zero-order valence-electron chi connectivity index (χ0n) is 11.2. The van der Waals surface area contributed by atoms with Crippen LogP contribution < -0.4 is 10.6 Å². The fraction of sp³-hybridized carbons (Fsp3) is 0.385.